The van der Waals surface area contributed by atoms with Gasteiger partial charge in [0, 0.05) is 19.5 Å². The van der Waals surface area contributed by atoms with Crippen molar-refractivity contribution in [3.63, 3.8) is 0 Å². The van der Waals surface area contributed by atoms with Gasteiger partial charge in [-0.25, -0.2) is 0 Å². The van der Waals surface area contributed by atoms with Crippen molar-refractivity contribution >= 4 is 35.0 Å². The number of rotatable bonds is 9. The van der Waals surface area contributed by atoms with Crippen LogP contribution in [-0.2, 0) is 16.1 Å². The summed E-state index contributed by atoms with van der Waals surface area (Å²) < 4.78 is 0. The average Bonchev–Trinajstić information content (AvgIpc) is 2.56. The lowest BCUT2D eigenvalue weighted by molar-refractivity contribution is -0.141. The highest BCUT2D eigenvalue weighted by Gasteiger charge is 2.28. The van der Waals surface area contributed by atoms with Crippen LogP contribution >= 0.6 is 23.2 Å². The van der Waals surface area contributed by atoms with Crippen molar-refractivity contribution in [3.8, 4) is 0 Å². The summed E-state index contributed by atoms with van der Waals surface area (Å²) in [7, 11) is 0. The van der Waals surface area contributed by atoms with E-state index < -0.39 is 6.04 Å². The number of nitrogens with zero attached hydrogens (tertiary/aromatic N) is 1. The fourth-order valence-corrected chi connectivity index (χ4v) is 2.85. The molecule has 0 bridgehead atoms. The fourth-order valence-electron chi connectivity index (χ4n) is 2.53. The number of amides is 2. The first kappa shape index (κ1) is 21.8. The largest absolute Gasteiger partial charge is 0.354 e. The molecule has 0 aromatic heterocycles. The second-order valence-corrected chi connectivity index (χ2v) is 7.40. The molecule has 0 saturated carbocycles. The van der Waals surface area contributed by atoms with Crippen LogP contribution in [0.1, 0.15) is 52.5 Å². The number of nitrogens with one attached hydrogen (secondary N) is 1. The Bertz CT molecular complexity index is 591. The number of hydrogen-bond donors (Lipinski definition) is 1. The minimum absolute atomic E-state index is 0.0277. The van der Waals surface area contributed by atoms with Gasteiger partial charge < -0.3 is 10.2 Å². The maximum absolute atomic E-state index is 12.6. The van der Waals surface area contributed by atoms with Gasteiger partial charge in [0.05, 0.1) is 10.0 Å². The Morgan fingerprint density at radius 3 is 2.36 bits per heavy atom. The number of halogens is 2. The van der Waals surface area contributed by atoms with Crippen LogP contribution in [0.25, 0.3) is 0 Å². The van der Waals surface area contributed by atoms with Gasteiger partial charge in [-0.2, -0.15) is 0 Å². The Hall–Kier alpha value is -1.26. The van der Waals surface area contributed by atoms with E-state index in [-0.39, 0.29) is 11.8 Å². The first-order valence-electron chi connectivity index (χ1n) is 8.81. The molecule has 0 heterocycles. The lowest BCUT2D eigenvalue weighted by Gasteiger charge is -2.31. The van der Waals surface area contributed by atoms with Gasteiger partial charge in [0.15, 0.2) is 0 Å². The molecular formula is C19H28Cl2N2O2. The third-order valence-corrected chi connectivity index (χ3v) is 4.61. The molecule has 1 rings (SSSR count). The molecule has 0 aliphatic heterocycles. The Morgan fingerprint density at radius 2 is 1.84 bits per heavy atom. The van der Waals surface area contributed by atoms with E-state index in [0.717, 1.165) is 12.0 Å². The molecule has 1 atom stereocenters. The summed E-state index contributed by atoms with van der Waals surface area (Å²) >= 11 is 12.0. The Kier molecular flexibility index (Phi) is 9.30. The number of carbonyl (C=O) groups excluding carboxylic acids is 2. The third kappa shape index (κ3) is 6.87. The first-order chi connectivity index (χ1) is 11.8. The molecule has 25 heavy (non-hydrogen) atoms. The smallest absolute Gasteiger partial charge is 0.242 e. The normalized spacial score (nSPS) is 12.1. The zero-order valence-corrected chi connectivity index (χ0v) is 17.0. The first-order valence-corrected chi connectivity index (χ1v) is 9.56. The van der Waals surface area contributed by atoms with Gasteiger partial charge in [-0.05, 0) is 36.5 Å². The van der Waals surface area contributed by atoms with E-state index in [2.05, 4.69) is 5.32 Å². The van der Waals surface area contributed by atoms with Crippen LogP contribution in [0, 0.1) is 5.92 Å². The Labute approximate surface area is 160 Å². The molecule has 0 aliphatic carbocycles. The van der Waals surface area contributed by atoms with Gasteiger partial charge in [0.25, 0.3) is 0 Å². The van der Waals surface area contributed by atoms with E-state index in [0.29, 0.717) is 41.9 Å². The summed E-state index contributed by atoms with van der Waals surface area (Å²) in [4.78, 5) is 26.9. The molecule has 0 saturated heterocycles. The number of hydrogen-bond acceptors (Lipinski definition) is 2. The topological polar surface area (TPSA) is 49.4 Å². The van der Waals surface area contributed by atoms with Crippen molar-refractivity contribution < 1.29 is 9.59 Å². The predicted molar refractivity (Wildman–Crippen MR) is 104 cm³/mol. The molecule has 1 unspecified atom stereocenters. The zero-order valence-electron chi connectivity index (χ0n) is 15.4. The van der Waals surface area contributed by atoms with Crippen molar-refractivity contribution in [1.29, 1.82) is 0 Å². The maximum Gasteiger partial charge on any atom is 0.242 e. The van der Waals surface area contributed by atoms with Gasteiger partial charge >= 0.3 is 0 Å². The molecule has 2 amide bonds. The van der Waals surface area contributed by atoms with Crippen LogP contribution in [0.4, 0.5) is 0 Å². The average molecular weight is 387 g/mol. The monoisotopic (exact) mass is 386 g/mol. The van der Waals surface area contributed by atoms with E-state index in [1.807, 2.05) is 33.8 Å². The van der Waals surface area contributed by atoms with Crippen LogP contribution in [0.2, 0.25) is 10.0 Å². The number of carbonyl (C=O) groups is 2. The van der Waals surface area contributed by atoms with Crippen LogP contribution in [-0.4, -0.2) is 29.3 Å². The van der Waals surface area contributed by atoms with Crippen LogP contribution in [0.15, 0.2) is 18.2 Å². The van der Waals surface area contributed by atoms with Gasteiger partial charge in [-0.3, -0.25) is 9.59 Å². The van der Waals surface area contributed by atoms with Crippen molar-refractivity contribution in [1.82, 2.24) is 10.2 Å². The second-order valence-electron chi connectivity index (χ2n) is 6.58. The van der Waals surface area contributed by atoms with Gasteiger partial charge in [0.1, 0.15) is 6.04 Å². The quantitative estimate of drug-likeness (QED) is 0.669. The van der Waals surface area contributed by atoms with E-state index >= 15 is 0 Å². The molecule has 0 fully saturated rings. The molecule has 1 aromatic rings. The molecule has 4 nitrogen and oxygen atoms in total. The third-order valence-electron chi connectivity index (χ3n) is 3.87. The van der Waals surface area contributed by atoms with E-state index in [1.165, 1.54) is 0 Å². The van der Waals surface area contributed by atoms with Crippen molar-refractivity contribution in [3.05, 3.63) is 33.8 Å². The molecule has 1 aromatic carbocycles. The molecule has 6 heteroatoms. The van der Waals surface area contributed by atoms with Crippen molar-refractivity contribution in [2.24, 2.45) is 5.92 Å². The molecule has 0 radical (unpaired) electrons. The summed E-state index contributed by atoms with van der Waals surface area (Å²) in [6, 6.07) is 4.79. The van der Waals surface area contributed by atoms with Gasteiger partial charge in [0.2, 0.25) is 11.8 Å². The Balaban J connectivity index is 3.01. The zero-order chi connectivity index (χ0) is 19.0. The molecule has 0 spiro atoms. The van der Waals surface area contributed by atoms with Crippen LogP contribution in [0.5, 0.6) is 0 Å². The van der Waals surface area contributed by atoms with Crippen LogP contribution in [0.3, 0.4) is 0 Å². The van der Waals surface area contributed by atoms with Gasteiger partial charge in [-0.1, -0.05) is 57.0 Å². The summed E-state index contributed by atoms with van der Waals surface area (Å²) in [5.74, 6) is 0.220. The number of benzene rings is 1. The van der Waals surface area contributed by atoms with E-state index in [1.54, 1.807) is 17.0 Å². The molecule has 140 valence electrons. The molecule has 1 N–H and O–H groups in total. The highest BCUT2D eigenvalue weighted by molar-refractivity contribution is 6.42. The van der Waals surface area contributed by atoms with Crippen molar-refractivity contribution in [2.75, 3.05) is 6.54 Å². The summed E-state index contributed by atoms with van der Waals surface area (Å²) in [6.07, 6.45) is 1.71. The minimum atomic E-state index is -0.493. The minimum Gasteiger partial charge on any atom is -0.354 e. The molecular weight excluding hydrogens is 359 g/mol. The lowest BCUT2D eigenvalue weighted by Crippen LogP contribution is -2.49. The highest BCUT2D eigenvalue weighted by atomic mass is 35.5. The summed E-state index contributed by atoms with van der Waals surface area (Å²) in [5.41, 5.74) is 0.856. The lowest BCUT2D eigenvalue weighted by atomic mass is 10.1. The SMILES string of the molecule is CCCC(=O)N(Cc1ccc(Cl)c(Cl)c1)C(CC)C(=O)NCC(C)C. The summed E-state index contributed by atoms with van der Waals surface area (Å²) in [6.45, 7) is 8.88. The van der Waals surface area contributed by atoms with Crippen molar-refractivity contribution in [2.45, 2.75) is 59.5 Å². The summed E-state index contributed by atoms with van der Waals surface area (Å²) in [5, 5.41) is 3.85. The van der Waals surface area contributed by atoms with E-state index in [4.69, 9.17) is 23.2 Å². The fraction of sp³-hybridized carbons (Fsp3) is 0.579. The Morgan fingerprint density at radius 1 is 1.16 bits per heavy atom. The molecule has 0 aliphatic rings. The van der Waals surface area contributed by atoms with E-state index in [9.17, 15) is 9.59 Å². The predicted octanol–water partition coefficient (Wildman–Crippen LogP) is 4.67. The highest BCUT2D eigenvalue weighted by Crippen LogP contribution is 2.24. The van der Waals surface area contributed by atoms with Crippen LogP contribution < -0.4 is 5.32 Å². The maximum atomic E-state index is 12.6. The second kappa shape index (κ2) is 10.7. The van der Waals surface area contributed by atoms with Gasteiger partial charge in [-0.15, -0.1) is 0 Å². The standard InChI is InChI=1S/C19H28Cl2N2O2/c1-5-7-18(24)23(12-14-8-9-15(20)16(21)10-14)17(6-2)19(25)22-11-13(3)4/h8-10,13,17H,5-7,11-12H2,1-4H3,(H,22,25).